The van der Waals surface area contributed by atoms with Crippen LogP contribution in [0.2, 0.25) is 0 Å². The van der Waals surface area contributed by atoms with Gasteiger partial charge in [0.1, 0.15) is 10.8 Å². The second-order valence-corrected chi connectivity index (χ2v) is 6.81. The van der Waals surface area contributed by atoms with E-state index in [1.54, 1.807) is 24.5 Å². The van der Waals surface area contributed by atoms with Gasteiger partial charge in [-0.2, -0.15) is 0 Å². The molecule has 0 atom stereocenters. The number of carbonyl (C=O) groups is 1. The molecule has 4 nitrogen and oxygen atoms in total. The highest BCUT2D eigenvalue weighted by atomic mass is 32.1. The van der Waals surface area contributed by atoms with Crippen LogP contribution in [0.1, 0.15) is 16.8 Å². The van der Waals surface area contributed by atoms with E-state index in [-0.39, 0.29) is 5.91 Å². The normalized spacial score (nSPS) is 10.9. The second-order valence-electron chi connectivity index (χ2n) is 5.95. The van der Waals surface area contributed by atoms with Crippen molar-refractivity contribution in [2.24, 2.45) is 0 Å². The highest BCUT2D eigenvalue weighted by molar-refractivity contribution is 7.13. The highest BCUT2D eigenvalue weighted by Crippen LogP contribution is 2.26. The molecule has 1 amide bonds. The van der Waals surface area contributed by atoms with Crippen molar-refractivity contribution >= 4 is 29.0 Å². The van der Waals surface area contributed by atoms with E-state index in [4.69, 9.17) is 4.74 Å². The molecule has 1 aromatic heterocycles. The number of rotatable bonds is 5. The summed E-state index contributed by atoms with van der Waals surface area (Å²) in [5, 5.41) is 5.73. The molecule has 1 heterocycles. The number of aromatic nitrogens is 1. The van der Waals surface area contributed by atoms with Crippen molar-refractivity contribution in [1.82, 2.24) is 4.98 Å². The molecule has 0 saturated carbocycles. The Morgan fingerprint density at radius 1 is 1.15 bits per heavy atom. The quantitative estimate of drug-likeness (QED) is 0.642. The number of nitrogens with one attached hydrogen (secondary N) is 1. The van der Waals surface area contributed by atoms with Gasteiger partial charge in [-0.3, -0.25) is 4.79 Å². The van der Waals surface area contributed by atoms with Crippen LogP contribution in [0.4, 0.5) is 5.69 Å². The van der Waals surface area contributed by atoms with Crippen LogP contribution in [0.5, 0.6) is 5.75 Å². The van der Waals surface area contributed by atoms with Gasteiger partial charge in [0.15, 0.2) is 0 Å². The van der Waals surface area contributed by atoms with Gasteiger partial charge in [0.05, 0.1) is 12.8 Å². The molecule has 5 heteroatoms. The third kappa shape index (κ3) is 4.37. The summed E-state index contributed by atoms with van der Waals surface area (Å²) in [5.74, 6) is 0.643. The summed E-state index contributed by atoms with van der Waals surface area (Å²) in [6.45, 7) is 4.01. The number of ether oxygens (including phenoxy) is 1. The largest absolute Gasteiger partial charge is 0.497 e. The van der Waals surface area contributed by atoms with Gasteiger partial charge in [-0.05, 0) is 55.8 Å². The molecule has 1 N–H and O–H groups in total. The van der Waals surface area contributed by atoms with Crippen LogP contribution in [-0.4, -0.2) is 18.0 Å². The number of amides is 1. The fraction of sp³-hybridized carbons (Fsp3) is 0.143. The van der Waals surface area contributed by atoms with Gasteiger partial charge in [0.2, 0.25) is 5.91 Å². The van der Waals surface area contributed by atoms with Gasteiger partial charge >= 0.3 is 0 Å². The number of carbonyl (C=O) groups excluding carboxylic acids is 1. The summed E-state index contributed by atoms with van der Waals surface area (Å²) in [5.41, 5.74) is 4.82. The maximum absolute atomic E-state index is 12.1. The summed E-state index contributed by atoms with van der Waals surface area (Å²) >= 11 is 1.54. The van der Waals surface area contributed by atoms with Crippen molar-refractivity contribution in [2.45, 2.75) is 13.8 Å². The zero-order chi connectivity index (χ0) is 18.5. The molecule has 0 bridgehead atoms. The Bertz CT molecular complexity index is 943. The van der Waals surface area contributed by atoms with Crippen LogP contribution in [0.15, 0.2) is 53.9 Å². The van der Waals surface area contributed by atoms with Gasteiger partial charge in [0, 0.05) is 22.7 Å². The SMILES string of the molecule is COc1ccc(-c2nc(/C=C/C(=O)Nc3ccc(C)cc3C)cs2)cc1. The summed E-state index contributed by atoms with van der Waals surface area (Å²) in [7, 11) is 1.64. The first-order valence-corrected chi connectivity index (χ1v) is 9.09. The molecule has 0 saturated heterocycles. The van der Waals surface area contributed by atoms with Crippen molar-refractivity contribution in [3.63, 3.8) is 0 Å². The Hall–Kier alpha value is -2.92. The third-order valence-electron chi connectivity index (χ3n) is 3.90. The summed E-state index contributed by atoms with van der Waals surface area (Å²) < 4.78 is 5.17. The van der Waals surface area contributed by atoms with Gasteiger partial charge in [-0.25, -0.2) is 4.98 Å². The van der Waals surface area contributed by atoms with Crippen LogP contribution in [0.3, 0.4) is 0 Å². The zero-order valence-electron chi connectivity index (χ0n) is 14.9. The van der Waals surface area contributed by atoms with Gasteiger partial charge in [-0.15, -0.1) is 11.3 Å². The minimum absolute atomic E-state index is 0.170. The summed E-state index contributed by atoms with van der Waals surface area (Å²) in [4.78, 5) is 16.7. The standard InChI is InChI=1S/C21H20N2O2S/c1-14-4-10-19(15(2)12-14)23-20(24)11-7-17-13-26-21(22-17)16-5-8-18(25-3)9-6-16/h4-13H,1-3H3,(H,23,24)/b11-7+. The van der Waals surface area contributed by atoms with E-state index < -0.39 is 0 Å². The smallest absolute Gasteiger partial charge is 0.248 e. The Labute approximate surface area is 157 Å². The topological polar surface area (TPSA) is 51.2 Å². The Morgan fingerprint density at radius 3 is 2.62 bits per heavy atom. The molecule has 0 aliphatic carbocycles. The number of hydrogen-bond acceptors (Lipinski definition) is 4. The van der Waals surface area contributed by atoms with Crippen molar-refractivity contribution in [2.75, 3.05) is 12.4 Å². The van der Waals surface area contributed by atoms with E-state index >= 15 is 0 Å². The average Bonchev–Trinajstić information content (AvgIpc) is 3.11. The number of aryl methyl sites for hydroxylation is 2. The lowest BCUT2D eigenvalue weighted by molar-refractivity contribution is -0.111. The van der Waals surface area contributed by atoms with Gasteiger partial charge in [0.25, 0.3) is 0 Å². The number of methoxy groups -OCH3 is 1. The Balaban J connectivity index is 1.66. The number of anilines is 1. The predicted molar refractivity (Wildman–Crippen MR) is 108 cm³/mol. The van der Waals surface area contributed by atoms with E-state index in [1.165, 1.54) is 11.6 Å². The maximum atomic E-state index is 12.1. The Morgan fingerprint density at radius 2 is 1.92 bits per heavy atom. The molecule has 0 radical (unpaired) electrons. The van der Waals surface area contributed by atoms with E-state index in [9.17, 15) is 4.79 Å². The maximum Gasteiger partial charge on any atom is 0.248 e. The van der Waals surface area contributed by atoms with E-state index in [0.29, 0.717) is 0 Å². The lowest BCUT2D eigenvalue weighted by atomic mass is 10.1. The molecule has 0 fully saturated rings. The van der Waals surface area contributed by atoms with Gasteiger partial charge in [-0.1, -0.05) is 17.7 Å². The van der Waals surface area contributed by atoms with E-state index in [0.717, 1.165) is 33.3 Å². The molecule has 132 valence electrons. The second kappa shape index (κ2) is 7.97. The van der Waals surface area contributed by atoms with Crippen LogP contribution in [-0.2, 0) is 4.79 Å². The average molecular weight is 364 g/mol. The van der Waals surface area contributed by atoms with Crippen LogP contribution >= 0.6 is 11.3 Å². The molecule has 0 aliphatic heterocycles. The lowest BCUT2D eigenvalue weighted by Crippen LogP contribution is -2.08. The van der Waals surface area contributed by atoms with Gasteiger partial charge < -0.3 is 10.1 Å². The third-order valence-corrected chi connectivity index (χ3v) is 4.81. The molecular formula is C21H20N2O2S. The van der Waals surface area contributed by atoms with Crippen LogP contribution in [0.25, 0.3) is 16.6 Å². The molecule has 3 aromatic rings. The van der Waals surface area contributed by atoms with Crippen molar-refractivity contribution in [3.05, 3.63) is 70.7 Å². The number of nitrogens with zero attached hydrogens (tertiary/aromatic N) is 1. The first-order valence-electron chi connectivity index (χ1n) is 8.21. The highest BCUT2D eigenvalue weighted by Gasteiger charge is 2.05. The van der Waals surface area contributed by atoms with Crippen molar-refractivity contribution in [3.8, 4) is 16.3 Å². The predicted octanol–water partition coefficient (Wildman–Crippen LogP) is 5.09. The van der Waals surface area contributed by atoms with Crippen LogP contribution < -0.4 is 10.1 Å². The number of hydrogen-bond donors (Lipinski definition) is 1. The van der Waals surface area contributed by atoms with Crippen molar-refractivity contribution in [1.29, 1.82) is 0 Å². The molecular weight excluding hydrogens is 344 g/mol. The minimum Gasteiger partial charge on any atom is -0.497 e. The summed E-state index contributed by atoms with van der Waals surface area (Å²) in [6.07, 6.45) is 3.23. The fourth-order valence-electron chi connectivity index (χ4n) is 2.52. The molecule has 2 aromatic carbocycles. The first kappa shape index (κ1) is 17.9. The van der Waals surface area contributed by atoms with E-state index in [2.05, 4.69) is 10.3 Å². The molecule has 3 rings (SSSR count). The minimum atomic E-state index is -0.170. The number of thiazole rings is 1. The monoisotopic (exact) mass is 364 g/mol. The molecule has 0 spiro atoms. The molecule has 0 aliphatic rings. The fourth-order valence-corrected chi connectivity index (χ4v) is 3.31. The first-order chi connectivity index (χ1) is 12.5. The number of benzene rings is 2. The Kier molecular flexibility index (Phi) is 5.49. The molecule has 0 unspecified atom stereocenters. The zero-order valence-corrected chi connectivity index (χ0v) is 15.8. The summed E-state index contributed by atoms with van der Waals surface area (Å²) in [6, 6.07) is 13.7. The lowest BCUT2D eigenvalue weighted by Gasteiger charge is -2.06. The van der Waals surface area contributed by atoms with Crippen molar-refractivity contribution < 1.29 is 9.53 Å². The van der Waals surface area contributed by atoms with E-state index in [1.807, 2.05) is 61.7 Å². The molecule has 26 heavy (non-hydrogen) atoms. The van der Waals surface area contributed by atoms with Crippen LogP contribution in [0, 0.1) is 13.8 Å².